The van der Waals surface area contributed by atoms with Crippen LogP contribution in [0.25, 0.3) is 0 Å². The molecule has 0 atom stereocenters. The Bertz CT molecular complexity index is 338. The third-order valence-corrected chi connectivity index (χ3v) is 1.78. The van der Waals surface area contributed by atoms with Crippen molar-refractivity contribution in [3.8, 4) is 11.5 Å². The van der Waals surface area contributed by atoms with Gasteiger partial charge < -0.3 is 14.6 Å². The molecule has 5 heteroatoms. The molecule has 0 unspecified atom stereocenters. The van der Waals surface area contributed by atoms with Crippen LogP contribution in [0.15, 0.2) is 23.1 Å². The molecule has 0 saturated carbocycles. The second-order valence-electron chi connectivity index (χ2n) is 2.52. The summed E-state index contributed by atoms with van der Waals surface area (Å²) in [6.45, 7) is -0.387. The first-order chi connectivity index (χ1) is 6.63. The van der Waals surface area contributed by atoms with Crippen LogP contribution in [-0.4, -0.2) is 24.8 Å². The zero-order valence-corrected chi connectivity index (χ0v) is 8.45. The van der Waals surface area contributed by atoms with Gasteiger partial charge in [-0.15, -0.1) is 12.6 Å². The lowest BCUT2D eigenvalue weighted by atomic mass is 10.3. The van der Waals surface area contributed by atoms with E-state index in [-0.39, 0.29) is 6.61 Å². The monoisotopic (exact) mass is 214 g/mol. The lowest BCUT2D eigenvalue weighted by Gasteiger charge is -2.08. The van der Waals surface area contributed by atoms with E-state index in [2.05, 4.69) is 12.6 Å². The third-order valence-electron chi connectivity index (χ3n) is 1.50. The van der Waals surface area contributed by atoms with Crippen LogP contribution in [0.4, 0.5) is 0 Å². The molecule has 0 aliphatic carbocycles. The Labute approximate surface area is 86.9 Å². The molecule has 4 nitrogen and oxygen atoms in total. The van der Waals surface area contributed by atoms with Crippen LogP contribution in [0.3, 0.4) is 0 Å². The molecule has 0 aliphatic rings. The van der Waals surface area contributed by atoms with Crippen LogP contribution in [0.1, 0.15) is 0 Å². The van der Waals surface area contributed by atoms with Crippen LogP contribution in [0, 0.1) is 0 Å². The maximum absolute atomic E-state index is 10.3. The molecule has 1 N–H and O–H groups in total. The minimum atomic E-state index is -1.03. The first-order valence-electron chi connectivity index (χ1n) is 3.85. The molecule has 76 valence electrons. The Morgan fingerprint density at radius 1 is 1.50 bits per heavy atom. The number of ether oxygens (including phenoxy) is 2. The van der Waals surface area contributed by atoms with Crippen LogP contribution in [0.5, 0.6) is 11.5 Å². The van der Waals surface area contributed by atoms with Crippen LogP contribution < -0.4 is 9.47 Å². The molecule has 0 aliphatic heterocycles. The first kappa shape index (κ1) is 10.7. The fourth-order valence-electron chi connectivity index (χ4n) is 0.915. The van der Waals surface area contributed by atoms with Gasteiger partial charge in [-0.2, -0.15) is 0 Å². The van der Waals surface area contributed by atoms with E-state index < -0.39 is 5.97 Å². The highest BCUT2D eigenvalue weighted by molar-refractivity contribution is 7.80. The predicted molar refractivity (Wildman–Crippen MR) is 53.4 cm³/mol. The third kappa shape index (κ3) is 2.85. The van der Waals surface area contributed by atoms with Crippen molar-refractivity contribution in [2.24, 2.45) is 0 Å². The number of benzene rings is 1. The molecule has 0 radical (unpaired) electrons. The van der Waals surface area contributed by atoms with Crippen molar-refractivity contribution >= 4 is 18.6 Å². The average Bonchev–Trinajstić information content (AvgIpc) is 2.15. The van der Waals surface area contributed by atoms with Gasteiger partial charge in [-0.25, -0.2) is 4.79 Å². The second-order valence-corrected chi connectivity index (χ2v) is 3.03. The number of thiol groups is 1. The number of hydrogen-bond acceptors (Lipinski definition) is 4. The largest absolute Gasteiger partial charge is 0.493 e. The lowest BCUT2D eigenvalue weighted by Crippen LogP contribution is -2.09. The SMILES string of the molecule is COc1cc(S)ccc1OCC(=O)O. The van der Waals surface area contributed by atoms with Gasteiger partial charge in [-0.3, -0.25) is 0 Å². The van der Waals surface area contributed by atoms with Gasteiger partial charge in [0.05, 0.1) is 7.11 Å². The van der Waals surface area contributed by atoms with Gasteiger partial charge in [0.1, 0.15) is 0 Å². The fraction of sp³-hybridized carbons (Fsp3) is 0.222. The number of carbonyl (C=O) groups is 1. The topological polar surface area (TPSA) is 55.8 Å². The smallest absolute Gasteiger partial charge is 0.341 e. The van der Waals surface area contributed by atoms with Gasteiger partial charge in [0.15, 0.2) is 18.1 Å². The lowest BCUT2D eigenvalue weighted by molar-refractivity contribution is -0.139. The Balaban J connectivity index is 2.80. The minimum Gasteiger partial charge on any atom is -0.493 e. The number of carboxylic acids is 1. The molecule has 0 amide bonds. The summed E-state index contributed by atoms with van der Waals surface area (Å²) in [5.41, 5.74) is 0. The van der Waals surface area contributed by atoms with E-state index in [0.29, 0.717) is 11.5 Å². The summed E-state index contributed by atoms with van der Waals surface area (Å²) >= 11 is 4.11. The molecule has 0 saturated heterocycles. The van der Waals surface area contributed by atoms with Crippen LogP contribution in [-0.2, 0) is 4.79 Å². The summed E-state index contributed by atoms with van der Waals surface area (Å²) in [6.07, 6.45) is 0. The highest BCUT2D eigenvalue weighted by Gasteiger charge is 2.06. The zero-order chi connectivity index (χ0) is 10.6. The quantitative estimate of drug-likeness (QED) is 0.745. The predicted octanol–water partition coefficient (Wildman–Crippen LogP) is 1.45. The standard InChI is InChI=1S/C9H10O4S/c1-12-8-4-6(14)2-3-7(8)13-5-9(10)11/h2-4,14H,5H2,1H3,(H,10,11). The molecule has 0 aromatic heterocycles. The van der Waals surface area contributed by atoms with Crippen molar-refractivity contribution in [3.63, 3.8) is 0 Å². The first-order valence-corrected chi connectivity index (χ1v) is 4.30. The molecule has 0 heterocycles. The van der Waals surface area contributed by atoms with E-state index >= 15 is 0 Å². The average molecular weight is 214 g/mol. The number of hydrogen-bond donors (Lipinski definition) is 2. The number of carboxylic acid groups (broad SMARTS) is 1. The van der Waals surface area contributed by atoms with Crippen molar-refractivity contribution in [1.82, 2.24) is 0 Å². The summed E-state index contributed by atoms with van der Waals surface area (Å²) < 4.78 is 9.98. The molecule has 0 bridgehead atoms. The Morgan fingerprint density at radius 3 is 2.79 bits per heavy atom. The summed E-state index contributed by atoms with van der Waals surface area (Å²) in [4.78, 5) is 11.0. The van der Waals surface area contributed by atoms with Crippen molar-refractivity contribution < 1.29 is 19.4 Å². The molecule has 0 fully saturated rings. The maximum atomic E-state index is 10.3. The minimum absolute atomic E-state index is 0.387. The van der Waals surface area contributed by atoms with Gasteiger partial charge in [0.2, 0.25) is 0 Å². The van der Waals surface area contributed by atoms with Crippen molar-refractivity contribution in [3.05, 3.63) is 18.2 Å². The van der Waals surface area contributed by atoms with E-state index in [9.17, 15) is 4.79 Å². The van der Waals surface area contributed by atoms with E-state index in [4.69, 9.17) is 14.6 Å². The van der Waals surface area contributed by atoms with Crippen molar-refractivity contribution in [1.29, 1.82) is 0 Å². The highest BCUT2D eigenvalue weighted by atomic mass is 32.1. The van der Waals surface area contributed by atoms with E-state index in [1.54, 1.807) is 18.2 Å². The van der Waals surface area contributed by atoms with Gasteiger partial charge in [-0.05, 0) is 18.2 Å². The van der Waals surface area contributed by atoms with Gasteiger partial charge in [-0.1, -0.05) is 0 Å². The van der Waals surface area contributed by atoms with Gasteiger partial charge in [0, 0.05) is 4.90 Å². The Morgan fingerprint density at radius 2 is 2.21 bits per heavy atom. The zero-order valence-electron chi connectivity index (χ0n) is 7.56. The summed E-state index contributed by atoms with van der Waals surface area (Å²) in [5.74, 6) is -0.159. The fourth-order valence-corrected chi connectivity index (χ4v) is 1.11. The van der Waals surface area contributed by atoms with Crippen molar-refractivity contribution in [2.45, 2.75) is 4.90 Å². The van der Waals surface area contributed by atoms with Crippen LogP contribution >= 0.6 is 12.6 Å². The molecule has 1 aromatic carbocycles. The molecule has 0 spiro atoms. The van der Waals surface area contributed by atoms with Crippen molar-refractivity contribution in [2.75, 3.05) is 13.7 Å². The number of methoxy groups -OCH3 is 1. The van der Waals surface area contributed by atoms with Gasteiger partial charge in [0.25, 0.3) is 0 Å². The summed E-state index contributed by atoms with van der Waals surface area (Å²) in [6, 6.07) is 4.97. The molecule has 1 aromatic rings. The maximum Gasteiger partial charge on any atom is 0.341 e. The molecule has 1 rings (SSSR count). The van der Waals surface area contributed by atoms with E-state index in [1.165, 1.54) is 7.11 Å². The number of rotatable bonds is 4. The number of aliphatic carboxylic acids is 1. The van der Waals surface area contributed by atoms with E-state index in [0.717, 1.165) is 4.90 Å². The highest BCUT2D eigenvalue weighted by Crippen LogP contribution is 2.29. The summed E-state index contributed by atoms with van der Waals surface area (Å²) in [7, 11) is 1.48. The second kappa shape index (κ2) is 4.76. The molecular weight excluding hydrogens is 204 g/mol. The van der Waals surface area contributed by atoms with Gasteiger partial charge >= 0.3 is 5.97 Å². The normalized spacial score (nSPS) is 9.57. The molecule has 14 heavy (non-hydrogen) atoms. The molecular formula is C9H10O4S. The van der Waals surface area contributed by atoms with E-state index in [1.807, 2.05) is 0 Å². The Kier molecular flexibility index (Phi) is 3.64. The Hall–Kier alpha value is -1.36. The van der Waals surface area contributed by atoms with Crippen LogP contribution in [0.2, 0.25) is 0 Å². The summed E-state index contributed by atoms with van der Waals surface area (Å²) in [5, 5.41) is 8.41.